The zero-order valence-corrected chi connectivity index (χ0v) is 21.0. The maximum Gasteiger partial charge on any atom is 0.573 e. The first-order valence-corrected chi connectivity index (χ1v) is 12.1. The molecule has 0 unspecified atom stereocenters. The number of hydrazone groups is 1. The van der Waals surface area contributed by atoms with Crippen LogP contribution in [0, 0.1) is 0 Å². The number of hydrogen-bond acceptors (Lipinski definition) is 9. The van der Waals surface area contributed by atoms with Crippen molar-refractivity contribution in [3.63, 3.8) is 0 Å². The van der Waals surface area contributed by atoms with Crippen molar-refractivity contribution in [2.45, 2.75) is 38.8 Å². The average Bonchev–Trinajstić information content (AvgIpc) is 3.67. The summed E-state index contributed by atoms with van der Waals surface area (Å²) in [7, 11) is 0. The Kier molecular flexibility index (Phi) is 8.93. The van der Waals surface area contributed by atoms with Gasteiger partial charge in [-0.3, -0.25) is 19.3 Å². The molecule has 0 radical (unpaired) electrons. The smallest absolute Gasteiger partial charge is 0.457 e. The van der Waals surface area contributed by atoms with Crippen LogP contribution in [0.2, 0.25) is 0 Å². The first-order chi connectivity index (χ1) is 19.2. The summed E-state index contributed by atoms with van der Waals surface area (Å²) in [6.45, 7) is 1.13. The molecule has 1 aromatic carbocycles. The third kappa shape index (κ3) is 8.02. The molecular formula is C25H25F3N8O4. The van der Waals surface area contributed by atoms with Crippen molar-refractivity contribution in [3.8, 4) is 5.75 Å². The molecule has 0 atom stereocenters. The van der Waals surface area contributed by atoms with Gasteiger partial charge in [-0.15, -0.1) is 18.3 Å². The van der Waals surface area contributed by atoms with Gasteiger partial charge in [0, 0.05) is 31.7 Å². The van der Waals surface area contributed by atoms with Gasteiger partial charge in [0.15, 0.2) is 11.4 Å². The number of rotatable bonds is 13. The molecule has 0 aliphatic heterocycles. The van der Waals surface area contributed by atoms with Gasteiger partial charge in [-0.25, -0.2) is 0 Å². The minimum atomic E-state index is -4.80. The van der Waals surface area contributed by atoms with Gasteiger partial charge in [0.05, 0.1) is 12.4 Å². The summed E-state index contributed by atoms with van der Waals surface area (Å²) in [6.07, 6.45) is -0.708. The molecule has 2 bridgehead atoms. The quantitative estimate of drug-likeness (QED) is 0.0984. The number of nitrogens with one attached hydrogen (secondary N) is 2. The number of ether oxygens (including phenoxy) is 1. The highest BCUT2D eigenvalue weighted by Crippen LogP contribution is 2.23. The molecule has 40 heavy (non-hydrogen) atoms. The van der Waals surface area contributed by atoms with Crippen LogP contribution >= 0.6 is 0 Å². The summed E-state index contributed by atoms with van der Waals surface area (Å²) in [5.41, 5.74) is 2.78. The molecule has 4 N–H and O–H groups in total. The number of aromatic nitrogens is 3. The number of nitrogens with two attached hydrogens (primary N) is 1. The SMILES string of the molecule is NN=C(C=NCCCCn1cc(C(=O)NCc2cccc(OC(F)(F)F)c2)nn1)C(=O)NCc1cc2ccc1o2. The Balaban J connectivity index is 1.14. The molecule has 2 amide bonds. The van der Waals surface area contributed by atoms with E-state index in [-0.39, 0.29) is 30.2 Å². The third-order valence-corrected chi connectivity index (χ3v) is 5.57. The van der Waals surface area contributed by atoms with Crippen LogP contribution in [0.4, 0.5) is 13.2 Å². The van der Waals surface area contributed by atoms with Gasteiger partial charge in [-0.05, 0) is 48.7 Å². The van der Waals surface area contributed by atoms with Crippen LogP contribution in [0.15, 0.2) is 63.2 Å². The fourth-order valence-corrected chi connectivity index (χ4v) is 3.67. The van der Waals surface area contributed by atoms with Crippen molar-refractivity contribution in [1.29, 1.82) is 0 Å². The maximum atomic E-state index is 12.4. The topological polar surface area (TPSA) is 162 Å². The molecule has 0 saturated carbocycles. The van der Waals surface area contributed by atoms with E-state index in [0.29, 0.717) is 37.1 Å². The van der Waals surface area contributed by atoms with Crippen LogP contribution in [0.1, 0.15) is 34.5 Å². The lowest BCUT2D eigenvalue weighted by molar-refractivity contribution is -0.274. The Labute approximate surface area is 225 Å². The van der Waals surface area contributed by atoms with E-state index in [1.54, 1.807) is 6.07 Å². The second kappa shape index (κ2) is 12.7. The van der Waals surface area contributed by atoms with E-state index < -0.39 is 18.2 Å². The van der Waals surface area contributed by atoms with E-state index in [9.17, 15) is 22.8 Å². The molecule has 3 aromatic heterocycles. The number of halogens is 3. The van der Waals surface area contributed by atoms with Crippen LogP contribution in [0.5, 0.6) is 5.75 Å². The molecule has 3 heterocycles. The largest absolute Gasteiger partial charge is 0.573 e. The number of unbranched alkanes of at least 4 members (excludes halogenated alkanes) is 1. The monoisotopic (exact) mass is 558 g/mol. The van der Waals surface area contributed by atoms with Gasteiger partial charge in [-0.2, -0.15) is 5.10 Å². The normalized spacial score (nSPS) is 12.3. The van der Waals surface area contributed by atoms with Crippen LogP contribution in [0.25, 0.3) is 11.2 Å². The Morgan fingerprint density at radius 3 is 2.70 bits per heavy atom. The van der Waals surface area contributed by atoms with Crippen LogP contribution in [-0.4, -0.2) is 51.6 Å². The first kappa shape index (κ1) is 28.1. The minimum Gasteiger partial charge on any atom is -0.457 e. The predicted octanol–water partition coefficient (Wildman–Crippen LogP) is 2.77. The van der Waals surface area contributed by atoms with Crippen molar-refractivity contribution >= 4 is 34.9 Å². The Hall–Kier alpha value is -4.95. The molecule has 4 rings (SSSR count). The van der Waals surface area contributed by atoms with Crippen molar-refractivity contribution in [2.75, 3.05) is 6.54 Å². The summed E-state index contributed by atoms with van der Waals surface area (Å²) < 4.78 is 47.9. The number of benzene rings is 2. The molecule has 12 nitrogen and oxygen atoms in total. The summed E-state index contributed by atoms with van der Waals surface area (Å²) in [6, 6.07) is 10.8. The Morgan fingerprint density at radius 1 is 1.12 bits per heavy atom. The minimum absolute atomic E-state index is 0.00981. The molecule has 210 valence electrons. The number of aryl methyl sites for hydroxylation is 1. The number of fused-ring (bicyclic) bond motifs is 2. The number of carbonyl (C=O) groups is 2. The number of carbonyl (C=O) groups excluding carboxylic acids is 2. The highest BCUT2D eigenvalue weighted by Gasteiger charge is 2.31. The first-order valence-electron chi connectivity index (χ1n) is 12.1. The molecule has 4 aromatic rings. The van der Waals surface area contributed by atoms with Gasteiger partial charge in [0.1, 0.15) is 16.9 Å². The lowest BCUT2D eigenvalue weighted by Crippen LogP contribution is -2.32. The van der Waals surface area contributed by atoms with E-state index in [0.717, 1.165) is 11.1 Å². The van der Waals surface area contributed by atoms with E-state index in [2.05, 4.69) is 35.8 Å². The molecule has 0 spiro atoms. The highest BCUT2D eigenvalue weighted by molar-refractivity contribution is 6.60. The van der Waals surface area contributed by atoms with E-state index in [1.807, 2.05) is 18.2 Å². The zero-order chi connectivity index (χ0) is 28.5. The fraction of sp³-hybridized carbons (Fsp3) is 0.280. The van der Waals surface area contributed by atoms with Gasteiger partial charge < -0.3 is 25.6 Å². The van der Waals surface area contributed by atoms with E-state index >= 15 is 0 Å². The molecule has 0 saturated heterocycles. The number of furan rings is 2. The lowest BCUT2D eigenvalue weighted by atomic mass is 10.2. The zero-order valence-electron chi connectivity index (χ0n) is 21.0. The van der Waals surface area contributed by atoms with Gasteiger partial charge >= 0.3 is 6.36 Å². The lowest BCUT2D eigenvalue weighted by Gasteiger charge is -2.10. The third-order valence-electron chi connectivity index (χ3n) is 5.57. The highest BCUT2D eigenvalue weighted by atomic mass is 19.4. The summed E-state index contributed by atoms with van der Waals surface area (Å²) in [4.78, 5) is 28.8. The van der Waals surface area contributed by atoms with Gasteiger partial charge in [0.2, 0.25) is 0 Å². The van der Waals surface area contributed by atoms with Crippen LogP contribution < -0.4 is 21.2 Å². The van der Waals surface area contributed by atoms with E-state index in [4.69, 9.17) is 10.3 Å². The number of nitrogens with zero attached hydrogens (tertiary/aromatic N) is 5. The van der Waals surface area contributed by atoms with Crippen molar-refractivity contribution in [1.82, 2.24) is 25.6 Å². The Morgan fingerprint density at radius 2 is 1.98 bits per heavy atom. The van der Waals surface area contributed by atoms with E-state index in [1.165, 1.54) is 35.3 Å². The van der Waals surface area contributed by atoms with Gasteiger partial charge in [-0.1, -0.05) is 17.3 Å². The van der Waals surface area contributed by atoms with Crippen LogP contribution in [-0.2, 0) is 24.4 Å². The number of alkyl halides is 3. The average molecular weight is 559 g/mol. The maximum absolute atomic E-state index is 12.4. The summed E-state index contributed by atoms with van der Waals surface area (Å²) >= 11 is 0. The molecule has 0 aliphatic carbocycles. The van der Waals surface area contributed by atoms with Gasteiger partial charge in [0.25, 0.3) is 11.8 Å². The predicted molar refractivity (Wildman–Crippen MR) is 138 cm³/mol. The fourth-order valence-electron chi connectivity index (χ4n) is 3.67. The molecule has 15 heteroatoms. The van der Waals surface area contributed by atoms with Crippen LogP contribution in [0.3, 0.4) is 0 Å². The second-order valence-electron chi connectivity index (χ2n) is 8.56. The number of amides is 2. The van der Waals surface area contributed by atoms with Crippen molar-refractivity contribution in [2.24, 2.45) is 15.9 Å². The Bertz CT molecular complexity index is 1490. The molecule has 0 aliphatic rings. The summed E-state index contributed by atoms with van der Waals surface area (Å²) in [5.74, 6) is 3.96. The van der Waals surface area contributed by atoms with Crippen molar-refractivity contribution < 1.29 is 31.9 Å². The number of aliphatic imine (C=N–C) groups is 1. The molecule has 0 fully saturated rings. The summed E-state index contributed by atoms with van der Waals surface area (Å²) in [5, 5.41) is 16.5. The standard InChI is InChI=1S/C25H25F3N8O4/c26-25(27,28)40-19-5-3-4-16(10-19)12-31-24(38)21-15-36(35-34-21)9-2-1-8-30-14-20(33-29)23(37)32-13-17-11-18-6-7-22(17)39-18/h3-7,10-11,14-15H,1-2,8-9,12-13,29H2,(H,31,38)(H,32,37). The van der Waals surface area contributed by atoms with Crippen molar-refractivity contribution in [3.05, 3.63) is 65.5 Å². The second-order valence-corrected chi connectivity index (χ2v) is 8.56. The molecular weight excluding hydrogens is 533 g/mol. The number of hydrogen-bond donors (Lipinski definition) is 3.